The predicted molar refractivity (Wildman–Crippen MR) is 95.4 cm³/mol. The highest BCUT2D eigenvalue weighted by molar-refractivity contribution is 5.94. The van der Waals surface area contributed by atoms with Crippen molar-refractivity contribution in [2.24, 2.45) is 5.41 Å². The number of piperidine rings is 1. The maximum absolute atomic E-state index is 12.7. The van der Waals surface area contributed by atoms with Crippen molar-refractivity contribution in [3.8, 4) is 5.75 Å². The fourth-order valence-electron chi connectivity index (χ4n) is 3.35. The Bertz CT molecular complexity index is 532. The molecule has 1 aromatic rings. The number of ether oxygens (including phenoxy) is 1. The number of amides is 1. The lowest BCUT2D eigenvalue weighted by Crippen LogP contribution is -2.48. The van der Waals surface area contributed by atoms with Crippen LogP contribution in [0.4, 0.5) is 0 Å². The van der Waals surface area contributed by atoms with Crippen LogP contribution in [-0.4, -0.2) is 67.3 Å². The topological polar surface area (TPSA) is 53.0 Å². The summed E-state index contributed by atoms with van der Waals surface area (Å²) in [4.78, 5) is 16.7. The van der Waals surface area contributed by atoms with Crippen LogP contribution in [0.3, 0.4) is 0 Å². The summed E-state index contributed by atoms with van der Waals surface area (Å²) < 4.78 is 5.62. The van der Waals surface area contributed by atoms with Gasteiger partial charge in [-0.05, 0) is 65.0 Å². The van der Waals surface area contributed by atoms with Gasteiger partial charge < -0.3 is 19.6 Å². The maximum atomic E-state index is 12.7. The normalized spacial score (nSPS) is 17.4. The Labute approximate surface area is 145 Å². The van der Waals surface area contributed by atoms with Crippen LogP contribution in [0, 0.1) is 5.41 Å². The zero-order valence-corrected chi connectivity index (χ0v) is 15.3. The van der Waals surface area contributed by atoms with Gasteiger partial charge in [-0.1, -0.05) is 0 Å². The van der Waals surface area contributed by atoms with Gasteiger partial charge in [-0.3, -0.25) is 4.79 Å². The summed E-state index contributed by atoms with van der Waals surface area (Å²) >= 11 is 0. The Morgan fingerprint density at radius 3 is 2.29 bits per heavy atom. The van der Waals surface area contributed by atoms with E-state index in [1.165, 1.54) is 0 Å². The molecule has 0 atom stereocenters. The molecule has 0 aromatic heterocycles. The summed E-state index contributed by atoms with van der Waals surface area (Å²) in [5.41, 5.74) is 0.602. The third-order valence-electron chi connectivity index (χ3n) is 4.57. The molecule has 1 amide bonds. The Kier molecular flexibility index (Phi) is 6.24. The molecule has 5 heteroatoms. The minimum absolute atomic E-state index is 0.0579. The van der Waals surface area contributed by atoms with E-state index in [2.05, 4.69) is 4.90 Å². The minimum atomic E-state index is -0.0881. The monoisotopic (exact) mass is 334 g/mol. The van der Waals surface area contributed by atoms with E-state index in [1.54, 1.807) is 0 Å². The highest BCUT2D eigenvalue weighted by atomic mass is 16.5. The van der Waals surface area contributed by atoms with Gasteiger partial charge in [-0.15, -0.1) is 0 Å². The zero-order valence-electron chi connectivity index (χ0n) is 15.3. The molecular weight excluding hydrogens is 304 g/mol. The number of nitrogens with zero attached hydrogens (tertiary/aromatic N) is 2. The molecule has 0 radical (unpaired) electrons. The second-order valence-corrected chi connectivity index (χ2v) is 7.38. The molecule has 1 fully saturated rings. The van der Waals surface area contributed by atoms with Gasteiger partial charge >= 0.3 is 0 Å². The number of benzene rings is 1. The second-order valence-electron chi connectivity index (χ2n) is 7.38. The Hall–Kier alpha value is -1.59. The van der Waals surface area contributed by atoms with Gasteiger partial charge in [0.2, 0.25) is 0 Å². The first-order chi connectivity index (χ1) is 11.3. The third-order valence-corrected chi connectivity index (χ3v) is 4.57. The average Bonchev–Trinajstić information content (AvgIpc) is 2.54. The lowest BCUT2D eigenvalue weighted by atomic mass is 9.78. The molecule has 0 aliphatic carbocycles. The van der Waals surface area contributed by atoms with Crippen LogP contribution in [0.2, 0.25) is 0 Å². The Balaban J connectivity index is 1.97. The van der Waals surface area contributed by atoms with Crippen molar-refractivity contribution in [3.63, 3.8) is 0 Å². The predicted octanol–water partition coefficient (Wildman–Crippen LogP) is 2.25. The first-order valence-electron chi connectivity index (χ1n) is 8.67. The van der Waals surface area contributed by atoms with E-state index in [-0.39, 0.29) is 24.0 Å². The van der Waals surface area contributed by atoms with Gasteiger partial charge in [0.15, 0.2) is 0 Å². The van der Waals surface area contributed by atoms with Gasteiger partial charge in [-0.25, -0.2) is 0 Å². The Morgan fingerprint density at radius 2 is 1.83 bits per heavy atom. The standard InChI is InChI=1S/C19H30N2O3/c1-15(2)24-17-7-5-16(6-8-17)18(23)21-11-9-19(14-22,10-12-21)13-20(3)4/h5-8,15,22H,9-14H2,1-4H3. The van der Waals surface area contributed by atoms with Gasteiger partial charge in [0.25, 0.3) is 5.91 Å². The number of rotatable bonds is 6. The molecule has 0 spiro atoms. The molecule has 1 saturated heterocycles. The van der Waals surface area contributed by atoms with Crippen molar-refractivity contribution < 1.29 is 14.6 Å². The van der Waals surface area contributed by atoms with Gasteiger partial charge in [0.1, 0.15) is 5.75 Å². The van der Waals surface area contributed by atoms with E-state index < -0.39 is 0 Å². The number of carbonyl (C=O) groups excluding carboxylic acids is 1. The summed E-state index contributed by atoms with van der Waals surface area (Å²) in [6.07, 6.45) is 1.79. The summed E-state index contributed by atoms with van der Waals surface area (Å²) in [6.45, 7) is 6.37. The third kappa shape index (κ3) is 4.71. The number of aliphatic hydroxyl groups is 1. The molecule has 1 aliphatic heterocycles. The summed E-state index contributed by atoms with van der Waals surface area (Å²) in [7, 11) is 4.05. The molecule has 5 nitrogen and oxygen atoms in total. The van der Waals surface area contributed by atoms with Crippen LogP contribution in [0.15, 0.2) is 24.3 Å². The molecule has 2 rings (SSSR count). The first kappa shape index (κ1) is 18.7. The molecule has 1 aliphatic rings. The molecule has 0 bridgehead atoms. The fraction of sp³-hybridized carbons (Fsp3) is 0.632. The van der Waals surface area contributed by atoms with E-state index in [0.717, 1.165) is 25.1 Å². The number of aliphatic hydroxyl groups excluding tert-OH is 1. The number of hydrogen-bond donors (Lipinski definition) is 1. The van der Waals surface area contributed by atoms with Crippen LogP contribution >= 0.6 is 0 Å². The van der Waals surface area contributed by atoms with Gasteiger partial charge in [0.05, 0.1) is 12.7 Å². The van der Waals surface area contributed by atoms with Crippen LogP contribution in [0.1, 0.15) is 37.0 Å². The lowest BCUT2D eigenvalue weighted by molar-refractivity contribution is 0.0222. The molecule has 24 heavy (non-hydrogen) atoms. The molecule has 134 valence electrons. The van der Waals surface area contributed by atoms with E-state index in [9.17, 15) is 9.90 Å². The molecular formula is C19H30N2O3. The highest BCUT2D eigenvalue weighted by Crippen LogP contribution is 2.32. The van der Waals surface area contributed by atoms with Gasteiger partial charge in [0, 0.05) is 30.6 Å². The van der Waals surface area contributed by atoms with Crippen LogP contribution in [0.5, 0.6) is 5.75 Å². The Morgan fingerprint density at radius 1 is 1.25 bits per heavy atom. The van der Waals surface area contributed by atoms with Gasteiger partial charge in [-0.2, -0.15) is 0 Å². The largest absolute Gasteiger partial charge is 0.491 e. The van der Waals surface area contributed by atoms with Crippen molar-refractivity contribution in [1.82, 2.24) is 9.80 Å². The fourth-order valence-corrected chi connectivity index (χ4v) is 3.35. The lowest BCUT2D eigenvalue weighted by Gasteiger charge is -2.42. The zero-order chi connectivity index (χ0) is 17.7. The molecule has 0 saturated carbocycles. The van der Waals surface area contributed by atoms with Crippen molar-refractivity contribution in [2.45, 2.75) is 32.8 Å². The number of carbonyl (C=O) groups is 1. The van der Waals surface area contributed by atoms with E-state index >= 15 is 0 Å². The maximum Gasteiger partial charge on any atom is 0.253 e. The first-order valence-corrected chi connectivity index (χ1v) is 8.67. The number of hydrogen-bond acceptors (Lipinski definition) is 4. The van der Waals surface area contributed by atoms with Crippen molar-refractivity contribution in [1.29, 1.82) is 0 Å². The van der Waals surface area contributed by atoms with Crippen molar-refractivity contribution in [2.75, 3.05) is 40.3 Å². The van der Waals surface area contributed by atoms with E-state index in [4.69, 9.17) is 4.74 Å². The van der Waals surface area contributed by atoms with E-state index in [0.29, 0.717) is 18.7 Å². The second kappa shape index (κ2) is 7.99. The SMILES string of the molecule is CC(C)Oc1ccc(C(=O)N2CCC(CO)(CN(C)C)CC2)cc1. The van der Waals surface area contributed by atoms with Crippen LogP contribution in [-0.2, 0) is 0 Å². The molecule has 0 unspecified atom stereocenters. The van der Waals surface area contributed by atoms with Crippen molar-refractivity contribution in [3.05, 3.63) is 29.8 Å². The molecule has 1 heterocycles. The smallest absolute Gasteiger partial charge is 0.253 e. The quantitative estimate of drug-likeness (QED) is 0.867. The molecule has 1 aromatic carbocycles. The average molecular weight is 334 g/mol. The minimum Gasteiger partial charge on any atom is -0.491 e. The summed E-state index contributed by atoms with van der Waals surface area (Å²) in [5.74, 6) is 0.841. The summed E-state index contributed by atoms with van der Waals surface area (Å²) in [6, 6.07) is 7.35. The highest BCUT2D eigenvalue weighted by Gasteiger charge is 2.36. The van der Waals surface area contributed by atoms with Crippen molar-refractivity contribution >= 4 is 5.91 Å². The number of likely N-dealkylation sites (tertiary alicyclic amines) is 1. The van der Waals surface area contributed by atoms with Crippen LogP contribution < -0.4 is 4.74 Å². The van der Waals surface area contributed by atoms with Crippen LogP contribution in [0.25, 0.3) is 0 Å². The molecule has 1 N–H and O–H groups in total. The summed E-state index contributed by atoms with van der Waals surface area (Å²) in [5, 5.41) is 9.79. The van der Waals surface area contributed by atoms with E-state index in [1.807, 2.05) is 57.1 Å².